The van der Waals surface area contributed by atoms with Gasteiger partial charge in [-0.2, -0.15) is 0 Å². The molecule has 25 heavy (non-hydrogen) atoms. The molecule has 3 N–H and O–H groups in total. The lowest BCUT2D eigenvalue weighted by Gasteiger charge is -2.15. The summed E-state index contributed by atoms with van der Waals surface area (Å²) in [5, 5.41) is 5.51. The monoisotopic (exact) mass is 344 g/mol. The lowest BCUT2D eigenvalue weighted by Crippen LogP contribution is -3.11. The molecular formula is C19H23FN3O2+. The van der Waals surface area contributed by atoms with Gasteiger partial charge in [0.05, 0.1) is 7.05 Å². The molecule has 0 saturated carbocycles. The highest BCUT2D eigenvalue weighted by molar-refractivity contribution is 5.93. The number of benzene rings is 2. The van der Waals surface area contributed by atoms with Gasteiger partial charge in [0.25, 0.3) is 11.8 Å². The van der Waals surface area contributed by atoms with Crippen molar-refractivity contribution in [2.75, 3.05) is 30.8 Å². The summed E-state index contributed by atoms with van der Waals surface area (Å²) in [6.07, 6.45) is 0.829. The third-order valence-electron chi connectivity index (χ3n) is 3.71. The van der Waals surface area contributed by atoms with E-state index in [0.29, 0.717) is 5.69 Å². The fraction of sp³-hybridized carbons (Fsp3) is 0.263. The summed E-state index contributed by atoms with van der Waals surface area (Å²) >= 11 is 0. The molecule has 0 aliphatic carbocycles. The predicted octanol–water partition coefficient (Wildman–Crippen LogP) is 1.48. The molecule has 0 spiro atoms. The van der Waals surface area contributed by atoms with Gasteiger partial charge in [0.1, 0.15) is 5.82 Å². The molecule has 132 valence electrons. The lowest BCUT2D eigenvalue weighted by molar-refractivity contribution is -0.862. The number of hydrogen-bond donors (Lipinski definition) is 3. The summed E-state index contributed by atoms with van der Waals surface area (Å²) in [4.78, 5) is 24.9. The Balaban J connectivity index is 1.83. The van der Waals surface area contributed by atoms with E-state index < -0.39 is 5.82 Å². The number of carbonyl (C=O) groups excluding carboxylic acids is 2. The van der Waals surface area contributed by atoms with Gasteiger partial charge in [0, 0.05) is 11.4 Å². The molecule has 0 saturated heterocycles. The van der Waals surface area contributed by atoms with E-state index >= 15 is 0 Å². The van der Waals surface area contributed by atoms with Crippen molar-refractivity contribution in [2.24, 2.45) is 0 Å². The van der Waals surface area contributed by atoms with E-state index in [9.17, 15) is 14.0 Å². The van der Waals surface area contributed by atoms with E-state index in [0.717, 1.165) is 22.6 Å². The molecule has 0 fully saturated rings. The molecular weight excluding hydrogens is 321 g/mol. The predicted molar refractivity (Wildman–Crippen MR) is 96.1 cm³/mol. The van der Waals surface area contributed by atoms with Crippen LogP contribution in [0.5, 0.6) is 0 Å². The second kappa shape index (κ2) is 8.94. The zero-order valence-corrected chi connectivity index (χ0v) is 14.4. The van der Waals surface area contributed by atoms with Gasteiger partial charge in [-0.3, -0.25) is 9.59 Å². The van der Waals surface area contributed by atoms with E-state index in [4.69, 9.17) is 0 Å². The van der Waals surface area contributed by atoms with Crippen molar-refractivity contribution in [2.45, 2.75) is 13.3 Å². The first kappa shape index (κ1) is 18.6. The van der Waals surface area contributed by atoms with Gasteiger partial charge in [-0.1, -0.05) is 31.2 Å². The number of para-hydroxylation sites is 1. The Kier molecular flexibility index (Phi) is 6.65. The Bertz CT molecular complexity index is 749. The number of nitrogens with one attached hydrogen (secondary N) is 3. The van der Waals surface area contributed by atoms with Crippen molar-refractivity contribution in [3.05, 3.63) is 59.9 Å². The van der Waals surface area contributed by atoms with Gasteiger partial charge in [-0.15, -0.1) is 0 Å². The molecule has 2 amide bonds. The molecule has 0 radical (unpaired) electrons. The standard InChI is InChI=1S/C19H22FN3O2/c1-3-14-7-4-5-10-17(14)22-19(25)13-23(2)12-18(24)21-16-9-6-8-15(20)11-16/h4-11H,3,12-13H2,1-2H3,(H,21,24)(H,22,25)/p+1. The molecule has 0 bridgehead atoms. The van der Waals surface area contributed by atoms with Crippen LogP contribution < -0.4 is 15.5 Å². The summed E-state index contributed by atoms with van der Waals surface area (Å²) in [5.74, 6) is -0.839. The average Bonchev–Trinajstić information content (AvgIpc) is 2.54. The molecule has 6 heteroatoms. The topological polar surface area (TPSA) is 62.6 Å². The molecule has 2 rings (SSSR count). The second-order valence-corrected chi connectivity index (χ2v) is 5.93. The Morgan fingerprint density at radius 1 is 1.00 bits per heavy atom. The first-order chi connectivity index (χ1) is 12.0. The fourth-order valence-electron chi connectivity index (χ4n) is 2.53. The number of anilines is 2. The Morgan fingerprint density at radius 2 is 1.68 bits per heavy atom. The maximum absolute atomic E-state index is 13.1. The number of halogens is 1. The molecule has 5 nitrogen and oxygen atoms in total. The molecule has 0 aliphatic rings. The van der Waals surface area contributed by atoms with Crippen molar-refractivity contribution in [1.82, 2.24) is 0 Å². The van der Waals surface area contributed by atoms with Crippen LogP contribution in [0.3, 0.4) is 0 Å². The van der Waals surface area contributed by atoms with E-state index in [1.165, 1.54) is 18.2 Å². The third-order valence-corrected chi connectivity index (χ3v) is 3.71. The van der Waals surface area contributed by atoms with Crippen LogP contribution in [0, 0.1) is 5.82 Å². The number of aryl methyl sites for hydroxylation is 1. The van der Waals surface area contributed by atoms with Gasteiger partial charge < -0.3 is 15.5 Å². The number of likely N-dealkylation sites (N-methyl/N-ethyl adjacent to an activating group) is 1. The van der Waals surface area contributed by atoms with Crippen LogP contribution in [0.1, 0.15) is 12.5 Å². The fourth-order valence-corrected chi connectivity index (χ4v) is 2.53. The highest BCUT2D eigenvalue weighted by Crippen LogP contribution is 2.14. The second-order valence-electron chi connectivity index (χ2n) is 5.93. The minimum Gasteiger partial charge on any atom is -0.322 e. The first-order valence-corrected chi connectivity index (χ1v) is 8.22. The smallest absolute Gasteiger partial charge is 0.279 e. The minimum absolute atomic E-state index is 0.110. The van der Waals surface area contributed by atoms with Crippen LogP contribution in [0.4, 0.5) is 15.8 Å². The number of hydrogen-bond acceptors (Lipinski definition) is 2. The molecule has 2 aromatic rings. The molecule has 1 unspecified atom stereocenters. The Labute approximate surface area is 146 Å². The zero-order chi connectivity index (χ0) is 18.2. The van der Waals surface area contributed by atoms with Gasteiger partial charge in [-0.05, 0) is 36.2 Å². The number of amides is 2. The number of quaternary nitrogens is 1. The zero-order valence-electron chi connectivity index (χ0n) is 14.4. The van der Waals surface area contributed by atoms with Gasteiger partial charge >= 0.3 is 0 Å². The largest absolute Gasteiger partial charge is 0.322 e. The molecule has 0 aromatic heterocycles. The maximum atomic E-state index is 13.1. The lowest BCUT2D eigenvalue weighted by atomic mass is 10.1. The molecule has 2 aromatic carbocycles. The Morgan fingerprint density at radius 3 is 2.36 bits per heavy atom. The van der Waals surface area contributed by atoms with Crippen LogP contribution in [0.2, 0.25) is 0 Å². The normalized spacial score (nSPS) is 11.6. The van der Waals surface area contributed by atoms with E-state index in [1.54, 1.807) is 13.1 Å². The summed E-state index contributed by atoms with van der Waals surface area (Å²) in [5.41, 5.74) is 2.27. The molecule has 1 atom stereocenters. The molecule has 0 heterocycles. The van der Waals surface area contributed by atoms with Gasteiger partial charge in [0.2, 0.25) is 0 Å². The SMILES string of the molecule is CCc1ccccc1NC(=O)C[NH+](C)CC(=O)Nc1cccc(F)c1. The van der Waals surface area contributed by atoms with Crippen molar-refractivity contribution in [1.29, 1.82) is 0 Å². The maximum Gasteiger partial charge on any atom is 0.279 e. The number of rotatable bonds is 7. The van der Waals surface area contributed by atoms with Gasteiger partial charge in [0.15, 0.2) is 13.1 Å². The summed E-state index contributed by atoms with van der Waals surface area (Å²) in [7, 11) is 1.76. The summed E-state index contributed by atoms with van der Waals surface area (Å²) in [6, 6.07) is 13.3. The summed E-state index contributed by atoms with van der Waals surface area (Å²) < 4.78 is 13.1. The van der Waals surface area contributed by atoms with Crippen LogP contribution >= 0.6 is 0 Å². The minimum atomic E-state index is -0.410. The van der Waals surface area contributed by atoms with Crippen molar-refractivity contribution in [3.63, 3.8) is 0 Å². The summed E-state index contributed by atoms with van der Waals surface area (Å²) in [6.45, 7) is 2.30. The average molecular weight is 344 g/mol. The van der Waals surface area contributed by atoms with Crippen LogP contribution in [0.15, 0.2) is 48.5 Å². The van der Waals surface area contributed by atoms with Crippen LogP contribution in [-0.4, -0.2) is 32.0 Å². The van der Waals surface area contributed by atoms with E-state index in [2.05, 4.69) is 10.6 Å². The van der Waals surface area contributed by atoms with Crippen molar-refractivity contribution in [3.8, 4) is 0 Å². The van der Waals surface area contributed by atoms with E-state index in [-0.39, 0.29) is 24.9 Å². The van der Waals surface area contributed by atoms with Crippen LogP contribution in [-0.2, 0) is 16.0 Å². The highest BCUT2D eigenvalue weighted by Gasteiger charge is 2.15. The highest BCUT2D eigenvalue weighted by atomic mass is 19.1. The Hall–Kier alpha value is -2.73. The van der Waals surface area contributed by atoms with Crippen molar-refractivity contribution >= 4 is 23.2 Å². The van der Waals surface area contributed by atoms with E-state index in [1.807, 2.05) is 31.2 Å². The van der Waals surface area contributed by atoms with Crippen molar-refractivity contribution < 1.29 is 18.9 Å². The van der Waals surface area contributed by atoms with Crippen LogP contribution in [0.25, 0.3) is 0 Å². The number of carbonyl (C=O) groups is 2. The third kappa shape index (κ3) is 6.00. The van der Waals surface area contributed by atoms with Gasteiger partial charge in [-0.25, -0.2) is 4.39 Å². The first-order valence-electron chi connectivity index (χ1n) is 8.22. The quantitative estimate of drug-likeness (QED) is 0.712. The molecule has 0 aliphatic heterocycles.